The maximum atomic E-state index is 13.1. The Bertz CT molecular complexity index is 536. The first kappa shape index (κ1) is 14.4. The molecule has 4 nitrogen and oxygen atoms in total. The minimum Gasteiger partial charge on any atom is -0.497 e. The number of rotatable bonds is 3. The highest BCUT2D eigenvalue weighted by atomic mass is 16.5. The molecule has 114 valence electrons. The minimum absolute atomic E-state index is 0.214. The maximum Gasteiger partial charge on any atom is 0.234 e. The monoisotopic (exact) mass is 288 g/mol. The normalized spacial score (nSPS) is 24.8. The van der Waals surface area contributed by atoms with E-state index in [4.69, 9.17) is 4.74 Å². The lowest BCUT2D eigenvalue weighted by molar-refractivity contribution is -0.127. The number of hydrogen-bond donors (Lipinski definition) is 1. The fourth-order valence-electron chi connectivity index (χ4n) is 3.58. The van der Waals surface area contributed by atoms with Crippen molar-refractivity contribution in [3.8, 4) is 5.75 Å². The van der Waals surface area contributed by atoms with Crippen LogP contribution >= 0.6 is 0 Å². The third-order valence-corrected chi connectivity index (χ3v) is 5.02. The Morgan fingerprint density at radius 3 is 3.00 bits per heavy atom. The van der Waals surface area contributed by atoms with Crippen LogP contribution in [-0.2, 0) is 11.2 Å². The van der Waals surface area contributed by atoms with Crippen molar-refractivity contribution in [2.24, 2.45) is 5.41 Å². The first-order valence-electron chi connectivity index (χ1n) is 7.90. The first-order valence-corrected chi connectivity index (χ1v) is 7.90. The number of nitrogens with one attached hydrogen (secondary N) is 1. The van der Waals surface area contributed by atoms with Gasteiger partial charge in [0, 0.05) is 18.8 Å². The lowest BCUT2D eigenvalue weighted by atomic mass is 9.82. The molecule has 1 saturated heterocycles. The van der Waals surface area contributed by atoms with Gasteiger partial charge in [0.15, 0.2) is 0 Å². The molecule has 1 amide bonds. The largest absolute Gasteiger partial charge is 0.497 e. The van der Waals surface area contributed by atoms with Crippen LogP contribution in [0.1, 0.15) is 31.7 Å². The van der Waals surface area contributed by atoms with Gasteiger partial charge < -0.3 is 15.0 Å². The molecular formula is C17H24N2O2. The summed E-state index contributed by atoms with van der Waals surface area (Å²) < 4.78 is 5.30. The molecule has 1 fully saturated rings. The number of fused-ring (bicyclic) bond motifs is 1. The Morgan fingerprint density at radius 1 is 1.48 bits per heavy atom. The highest BCUT2D eigenvalue weighted by Gasteiger charge is 2.43. The predicted octanol–water partition coefficient (Wildman–Crippen LogP) is 2.36. The maximum absolute atomic E-state index is 13.1. The van der Waals surface area contributed by atoms with E-state index in [1.807, 2.05) is 17.0 Å². The van der Waals surface area contributed by atoms with Gasteiger partial charge in [-0.25, -0.2) is 0 Å². The van der Waals surface area contributed by atoms with Crippen LogP contribution in [-0.4, -0.2) is 32.7 Å². The Balaban J connectivity index is 1.92. The van der Waals surface area contributed by atoms with E-state index in [0.717, 1.165) is 56.8 Å². The van der Waals surface area contributed by atoms with Gasteiger partial charge in [0.1, 0.15) is 5.75 Å². The smallest absolute Gasteiger partial charge is 0.234 e. The van der Waals surface area contributed by atoms with Crippen LogP contribution in [0.4, 0.5) is 5.69 Å². The number of ether oxygens (including phenoxy) is 1. The Hall–Kier alpha value is -1.55. The molecule has 2 heterocycles. The summed E-state index contributed by atoms with van der Waals surface area (Å²) >= 11 is 0. The fourth-order valence-corrected chi connectivity index (χ4v) is 3.58. The van der Waals surface area contributed by atoms with Gasteiger partial charge in [0.05, 0.1) is 12.5 Å². The van der Waals surface area contributed by atoms with Crippen molar-refractivity contribution in [3.05, 3.63) is 23.8 Å². The van der Waals surface area contributed by atoms with Crippen LogP contribution in [0.2, 0.25) is 0 Å². The van der Waals surface area contributed by atoms with Crippen LogP contribution in [0.25, 0.3) is 0 Å². The molecule has 0 radical (unpaired) electrons. The Kier molecular flexibility index (Phi) is 3.89. The number of aryl methyl sites for hydroxylation is 1. The van der Waals surface area contributed by atoms with Gasteiger partial charge in [-0.1, -0.05) is 6.92 Å². The number of amides is 1. The van der Waals surface area contributed by atoms with Crippen LogP contribution < -0.4 is 15.0 Å². The molecule has 2 aliphatic rings. The molecule has 0 saturated carbocycles. The Morgan fingerprint density at radius 2 is 2.33 bits per heavy atom. The van der Waals surface area contributed by atoms with Crippen molar-refractivity contribution in [1.82, 2.24) is 5.32 Å². The molecule has 0 aromatic heterocycles. The molecule has 1 aromatic carbocycles. The second-order valence-corrected chi connectivity index (χ2v) is 6.12. The number of carbonyl (C=O) groups excluding carboxylic acids is 1. The third kappa shape index (κ3) is 2.42. The van der Waals surface area contributed by atoms with Crippen molar-refractivity contribution >= 4 is 11.6 Å². The lowest BCUT2D eigenvalue weighted by Gasteiger charge is -2.36. The van der Waals surface area contributed by atoms with Crippen LogP contribution in [0.3, 0.4) is 0 Å². The van der Waals surface area contributed by atoms with E-state index in [9.17, 15) is 4.79 Å². The number of nitrogens with zero attached hydrogens (tertiary/aromatic N) is 1. The van der Waals surface area contributed by atoms with Crippen molar-refractivity contribution < 1.29 is 9.53 Å². The van der Waals surface area contributed by atoms with Gasteiger partial charge in [-0.05, 0) is 56.0 Å². The van der Waals surface area contributed by atoms with Gasteiger partial charge in [0.2, 0.25) is 5.91 Å². The number of anilines is 1. The zero-order chi connectivity index (χ0) is 14.9. The highest BCUT2D eigenvalue weighted by molar-refractivity contribution is 5.99. The molecular weight excluding hydrogens is 264 g/mol. The summed E-state index contributed by atoms with van der Waals surface area (Å²) in [5.74, 6) is 1.16. The standard InChI is InChI=1S/C17H24N2O2/c1-3-17(8-9-18-12-17)16(20)19-10-4-5-13-11-14(21-2)6-7-15(13)19/h6-7,11,18H,3-5,8-10,12H2,1-2H3. The molecule has 4 heteroatoms. The first-order chi connectivity index (χ1) is 10.2. The van der Waals surface area contributed by atoms with Crippen molar-refractivity contribution in [3.63, 3.8) is 0 Å². The molecule has 1 atom stereocenters. The summed E-state index contributed by atoms with van der Waals surface area (Å²) in [4.78, 5) is 15.1. The lowest BCUT2D eigenvalue weighted by Crippen LogP contribution is -2.47. The molecule has 1 aromatic rings. The number of methoxy groups -OCH3 is 1. The van der Waals surface area contributed by atoms with Crippen LogP contribution in [0.15, 0.2) is 18.2 Å². The van der Waals surface area contributed by atoms with Gasteiger partial charge in [-0.3, -0.25) is 4.79 Å². The molecule has 1 unspecified atom stereocenters. The van der Waals surface area contributed by atoms with Gasteiger partial charge in [-0.15, -0.1) is 0 Å². The van der Waals surface area contributed by atoms with Gasteiger partial charge in [0.25, 0.3) is 0 Å². The van der Waals surface area contributed by atoms with Crippen molar-refractivity contribution in [2.75, 3.05) is 31.6 Å². The van der Waals surface area contributed by atoms with Crippen LogP contribution in [0, 0.1) is 5.41 Å². The van der Waals surface area contributed by atoms with E-state index in [1.54, 1.807) is 7.11 Å². The second-order valence-electron chi connectivity index (χ2n) is 6.12. The summed E-state index contributed by atoms with van der Waals surface area (Å²) in [6.45, 7) is 4.72. The second kappa shape index (κ2) is 5.68. The average Bonchev–Trinajstić information content (AvgIpc) is 3.03. The molecule has 2 aliphatic heterocycles. The molecule has 0 aliphatic carbocycles. The topological polar surface area (TPSA) is 41.6 Å². The number of benzene rings is 1. The molecule has 21 heavy (non-hydrogen) atoms. The van der Waals surface area contributed by atoms with Gasteiger partial charge >= 0.3 is 0 Å². The SMILES string of the molecule is CCC1(C(=O)N2CCCc3cc(OC)ccc32)CCNC1. The van der Waals surface area contributed by atoms with E-state index in [0.29, 0.717) is 5.91 Å². The van der Waals surface area contributed by atoms with Gasteiger partial charge in [-0.2, -0.15) is 0 Å². The van der Waals surface area contributed by atoms with E-state index in [2.05, 4.69) is 18.3 Å². The highest BCUT2D eigenvalue weighted by Crippen LogP contribution is 2.37. The summed E-state index contributed by atoms with van der Waals surface area (Å²) in [5, 5.41) is 3.36. The fraction of sp³-hybridized carbons (Fsp3) is 0.588. The number of carbonyl (C=O) groups is 1. The molecule has 0 bridgehead atoms. The Labute approximate surface area is 126 Å². The molecule has 0 spiro atoms. The average molecular weight is 288 g/mol. The quantitative estimate of drug-likeness (QED) is 0.928. The molecule has 3 rings (SSSR count). The summed E-state index contributed by atoms with van der Waals surface area (Å²) in [6, 6.07) is 6.06. The summed E-state index contributed by atoms with van der Waals surface area (Å²) in [6.07, 6.45) is 3.90. The van der Waals surface area contributed by atoms with Crippen LogP contribution in [0.5, 0.6) is 5.75 Å². The zero-order valence-corrected chi connectivity index (χ0v) is 12.9. The summed E-state index contributed by atoms with van der Waals surface area (Å²) in [5.41, 5.74) is 2.09. The third-order valence-electron chi connectivity index (χ3n) is 5.02. The molecule has 1 N–H and O–H groups in total. The predicted molar refractivity (Wildman–Crippen MR) is 83.9 cm³/mol. The van der Waals surface area contributed by atoms with E-state index >= 15 is 0 Å². The number of hydrogen-bond acceptors (Lipinski definition) is 3. The zero-order valence-electron chi connectivity index (χ0n) is 12.9. The van der Waals surface area contributed by atoms with E-state index < -0.39 is 0 Å². The minimum atomic E-state index is -0.214. The van der Waals surface area contributed by atoms with Crippen molar-refractivity contribution in [1.29, 1.82) is 0 Å². The van der Waals surface area contributed by atoms with E-state index in [-0.39, 0.29) is 5.41 Å². The van der Waals surface area contributed by atoms with Crippen molar-refractivity contribution in [2.45, 2.75) is 32.6 Å². The van der Waals surface area contributed by atoms with E-state index in [1.165, 1.54) is 5.56 Å². The summed E-state index contributed by atoms with van der Waals surface area (Å²) in [7, 11) is 1.68.